The van der Waals surface area contributed by atoms with Crippen molar-refractivity contribution in [1.82, 2.24) is 5.32 Å². The third kappa shape index (κ3) is 5.60. The molecule has 1 aliphatic carbocycles. The molecule has 2 atom stereocenters. The Balaban J connectivity index is 2.05. The van der Waals surface area contributed by atoms with Crippen molar-refractivity contribution in [2.75, 3.05) is 31.7 Å². The molecule has 2 aromatic rings. The van der Waals surface area contributed by atoms with Gasteiger partial charge in [-0.05, 0) is 74.7 Å². The fourth-order valence-electron chi connectivity index (χ4n) is 4.61. The van der Waals surface area contributed by atoms with Gasteiger partial charge >= 0.3 is 0 Å². The number of ether oxygens (including phenoxy) is 1. The molecule has 2 unspecified atom stereocenters. The van der Waals surface area contributed by atoms with Crippen LogP contribution in [-0.2, 0) is 24.1 Å². The molecule has 9 heteroatoms. The number of anilines is 1. The van der Waals surface area contributed by atoms with Crippen LogP contribution in [0.25, 0.3) is 0 Å². The van der Waals surface area contributed by atoms with Crippen LogP contribution in [0, 0.1) is 11.3 Å². The Hall–Kier alpha value is -1.64. The number of carbonyl (C=O) groups is 1. The van der Waals surface area contributed by atoms with Gasteiger partial charge in [0.15, 0.2) is 9.84 Å². The molecule has 0 radical (unpaired) electrons. The molecular weight excluding hydrogens is 519 g/mol. The van der Waals surface area contributed by atoms with Gasteiger partial charge in [0.1, 0.15) is 4.75 Å². The maximum Gasteiger partial charge on any atom is 0.232 e. The third-order valence-electron chi connectivity index (χ3n) is 6.60. The van der Waals surface area contributed by atoms with E-state index in [0.29, 0.717) is 47.4 Å². The van der Waals surface area contributed by atoms with Crippen molar-refractivity contribution in [2.24, 2.45) is 11.3 Å². The van der Waals surface area contributed by atoms with E-state index in [1.54, 1.807) is 54.5 Å². The molecule has 1 amide bonds. The average molecular weight is 556 g/mol. The summed E-state index contributed by atoms with van der Waals surface area (Å²) in [5, 5.41) is 4.12. The highest BCUT2D eigenvalue weighted by Gasteiger charge is 2.64. The second-order valence-corrected chi connectivity index (χ2v) is 13.7. The molecule has 0 aliphatic heterocycles. The SMILES string of the molecule is COCCNCC1CC1(c1ccc(N(C(=O)C(C)(C)C)C(C)C)c(Cl)c1)S(=O)(=O)c1ccc(Cl)cc1. The normalized spacial score (nSPS) is 20.0. The smallest absolute Gasteiger partial charge is 0.232 e. The maximum atomic E-state index is 14.0. The van der Waals surface area contributed by atoms with Crippen molar-refractivity contribution in [3.05, 3.63) is 58.1 Å². The third-order valence-corrected chi connectivity index (χ3v) is 9.74. The first-order valence-corrected chi connectivity index (χ1v) is 14.3. The summed E-state index contributed by atoms with van der Waals surface area (Å²) in [5.41, 5.74) is 0.599. The van der Waals surface area contributed by atoms with Gasteiger partial charge in [-0.2, -0.15) is 0 Å². The predicted molar refractivity (Wildman–Crippen MR) is 147 cm³/mol. The molecular formula is C27H36Cl2N2O4S. The fourth-order valence-corrected chi connectivity index (χ4v) is 7.30. The quantitative estimate of drug-likeness (QED) is 0.381. The van der Waals surface area contributed by atoms with E-state index < -0.39 is 20.0 Å². The number of carbonyl (C=O) groups excluding carboxylic acids is 1. The van der Waals surface area contributed by atoms with Gasteiger partial charge in [-0.3, -0.25) is 4.79 Å². The molecule has 3 rings (SSSR count). The second-order valence-electron chi connectivity index (χ2n) is 10.6. The highest BCUT2D eigenvalue weighted by atomic mass is 35.5. The number of nitrogens with one attached hydrogen (secondary N) is 1. The Morgan fingerprint density at radius 2 is 1.81 bits per heavy atom. The van der Waals surface area contributed by atoms with Crippen LogP contribution in [-0.4, -0.2) is 47.2 Å². The molecule has 36 heavy (non-hydrogen) atoms. The Morgan fingerprint density at radius 1 is 1.17 bits per heavy atom. The Bertz CT molecular complexity index is 1190. The lowest BCUT2D eigenvalue weighted by Gasteiger charge is -2.33. The number of sulfone groups is 1. The summed E-state index contributed by atoms with van der Waals surface area (Å²) < 4.78 is 32.0. The van der Waals surface area contributed by atoms with Crippen LogP contribution < -0.4 is 10.2 Å². The minimum Gasteiger partial charge on any atom is -0.383 e. The van der Waals surface area contributed by atoms with Gasteiger partial charge in [0, 0.05) is 30.1 Å². The van der Waals surface area contributed by atoms with Crippen molar-refractivity contribution in [3.8, 4) is 0 Å². The van der Waals surface area contributed by atoms with E-state index in [0.717, 1.165) is 0 Å². The van der Waals surface area contributed by atoms with E-state index in [4.69, 9.17) is 27.9 Å². The minimum atomic E-state index is -3.76. The number of hydrogen-bond donors (Lipinski definition) is 1. The zero-order valence-corrected chi connectivity index (χ0v) is 24.1. The number of halogens is 2. The summed E-state index contributed by atoms with van der Waals surface area (Å²) in [6, 6.07) is 11.4. The monoisotopic (exact) mass is 554 g/mol. The second kappa shape index (κ2) is 11.0. The van der Waals surface area contributed by atoms with E-state index in [2.05, 4.69) is 5.32 Å². The van der Waals surface area contributed by atoms with E-state index >= 15 is 0 Å². The number of benzene rings is 2. The van der Waals surface area contributed by atoms with Gasteiger partial charge in [-0.15, -0.1) is 0 Å². The summed E-state index contributed by atoms with van der Waals surface area (Å²) in [6.07, 6.45) is 0.461. The van der Waals surface area contributed by atoms with E-state index in [-0.39, 0.29) is 22.8 Å². The molecule has 0 aromatic heterocycles. The van der Waals surface area contributed by atoms with Gasteiger partial charge in [0.05, 0.1) is 22.2 Å². The lowest BCUT2D eigenvalue weighted by atomic mass is 9.93. The number of hydrogen-bond acceptors (Lipinski definition) is 5. The minimum absolute atomic E-state index is 0.0534. The van der Waals surface area contributed by atoms with Crippen LogP contribution in [0.1, 0.15) is 46.6 Å². The van der Waals surface area contributed by atoms with Crippen LogP contribution in [0.3, 0.4) is 0 Å². The molecule has 1 aliphatic rings. The van der Waals surface area contributed by atoms with Gasteiger partial charge in [-0.25, -0.2) is 8.42 Å². The summed E-state index contributed by atoms with van der Waals surface area (Å²) in [4.78, 5) is 15.1. The topological polar surface area (TPSA) is 75.7 Å². The summed E-state index contributed by atoms with van der Waals surface area (Å²) in [5.74, 6) is -0.198. The van der Waals surface area contributed by atoms with Gasteiger partial charge in [0.2, 0.25) is 5.91 Å². The summed E-state index contributed by atoms with van der Waals surface area (Å²) in [6.45, 7) is 11.2. The highest BCUT2D eigenvalue weighted by Crippen LogP contribution is 2.60. The Kier molecular flexibility index (Phi) is 8.84. The number of amides is 1. The molecule has 0 bridgehead atoms. The molecule has 0 spiro atoms. The lowest BCUT2D eigenvalue weighted by Crippen LogP contribution is -2.44. The molecule has 0 saturated heterocycles. The zero-order valence-electron chi connectivity index (χ0n) is 21.8. The van der Waals surface area contributed by atoms with Crippen molar-refractivity contribution in [1.29, 1.82) is 0 Å². The molecule has 1 fully saturated rings. The van der Waals surface area contributed by atoms with Crippen LogP contribution in [0.15, 0.2) is 47.4 Å². The van der Waals surface area contributed by atoms with Crippen LogP contribution in [0.5, 0.6) is 0 Å². The summed E-state index contributed by atoms with van der Waals surface area (Å²) >= 11 is 12.8. The van der Waals surface area contributed by atoms with Gasteiger partial charge in [0.25, 0.3) is 0 Å². The van der Waals surface area contributed by atoms with Crippen LogP contribution >= 0.6 is 23.2 Å². The number of rotatable bonds is 10. The van der Waals surface area contributed by atoms with Crippen LogP contribution in [0.4, 0.5) is 5.69 Å². The van der Waals surface area contributed by atoms with Crippen LogP contribution in [0.2, 0.25) is 10.0 Å². The Morgan fingerprint density at radius 3 is 2.33 bits per heavy atom. The van der Waals surface area contributed by atoms with E-state index in [1.165, 1.54) is 0 Å². The predicted octanol–water partition coefficient (Wildman–Crippen LogP) is 5.71. The maximum absolute atomic E-state index is 14.0. The molecule has 1 N–H and O–H groups in total. The Labute approximate surface area is 225 Å². The summed E-state index contributed by atoms with van der Waals surface area (Å²) in [7, 11) is -2.14. The standard InChI is InChI=1S/C27H36Cl2N2O4S/c1-18(2)31(25(32)26(3,4)5)24-12-7-19(15-23(24)29)27(16-20(27)17-30-13-14-35-6)36(33,34)22-10-8-21(28)9-11-22/h7-12,15,18,20,30H,13-14,16-17H2,1-6H3. The zero-order chi connectivity index (χ0) is 26.9. The average Bonchev–Trinajstić information content (AvgIpc) is 3.53. The molecule has 1 saturated carbocycles. The van der Waals surface area contributed by atoms with Crippen molar-refractivity contribution in [2.45, 2.75) is 56.7 Å². The molecule has 2 aromatic carbocycles. The van der Waals surface area contributed by atoms with E-state index in [1.807, 2.05) is 34.6 Å². The molecule has 6 nitrogen and oxygen atoms in total. The first kappa shape index (κ1) is 28.9. The molecule has 0 heterocycles. The van der Waals surface area contributed by atoms with Crippen molar-refractivity contribution < 1.29 is 17.9 Å². The molecule has 198 valence electrons. The largest absolute Gasteiger partial charge is 0.383 e. The first-order chi connectivity index (χ1) is 16.8. The fraction of sp³-hybridized carbons (Fsp3) is 0.519. The number of methoxy groups -OCH3 is 1. The lowest BCUT2D eigenvalue weighted by molar-refractivity contribution is -0.126. The van der Waals surface area contributed by atoms with Gasteiger partial charge < -0.3 is 15.0 Å². The van der Waals surface area contributed by atoms with Crippen molar-refractivity contribution >= 4 is 44.6 Å². The number of nitrogens with zero attached hydrogens (tertiary/aromatic N) is 1. The van der Waals surface area contributed by atoms with E-state index in [9.17, 15) is 13.2 Å². The van der Waals surface area contributed by atoms with Crippen molar-refractivity contribution in [3.63, 3.8) is 0 Å². The first-order valence-electron chi connectivity index (χ1n) is 12.1. The highest BCUT2D eigenvalue weighted by molar-refractivity contribution is 7.92. The van der Waals surface area contributed by atoms with Gasteiger partial charge in [-0.1, -0.05) is 50.0 Å².